The fourth-order valence-corrected chi connectivity index (χ4v) is 2.91. The van der Waals surface area contributed by atoms with Crippen LogP contribution < -0.4 is 15.4 Å². The summed E-state index contributed by atoms with van der Waals surface area (Å²) < 4.78 is 24.1. The molecular weight excluding hydrogens is 363 g/mol. The number of hydrogen-bond donors (Lipinski definition) is 3. The van der Waals surface area contributed by atoms with Crippen molar-refractivity contribution in [2.24, 2.45) is 4.99 Å². The molecule has 1 heterocycles. The van der Waals surface area contributed by atoms with E-state index in [9.17, 15) is 9.50 Å². The van der Waals surface area contributed by atoms with E-state index >= 15 is 0 Å². The van der Waals surface area contributed by atoms with Crippen molar-refractivity contribution in [3.05, 3.63) is 30.1 Å². The van der Waals surface area contributed by atoms with Crippen molar-refractivity contribution in [1.82, 2.24) is 15.5 Å². The van der Waals surface area contributed by atoms with Crippen LogP contribution in [-0.4, -0.2) is 80.2 Å². The van der Waals surface area contributed by atoms with Crippen molar-refractivity contribution >= 4 is 5.96 Å². The molecule has 1 saturated heterocycles. The third-order valence-electron chi connectivity index (χ3n) is 4.30. The summed E-state index contributed by atoms with van der Waals surface area (Å²) in [6.07, 6.45) is -0.136. The van der Waals surface area contributed by atoms with Gasteiger partial charge in [-0.05, 0) is 45.0 Å². The molecule has 158 valence electrons. The molecule has 0 aliphatic carbocycles. The number of β-amino-alcohol motifs (C(OH)–C–C–N with tert-alkyl or cyclic N) is 1. The Bertz CT molecular complexity index is 604. The normalized spacial score (nSPS) is 19.0. The first-order valence-electron chi connectivity index (χ1n) is 9.85. The Balaban J connectivity index is 1.82. The van der Waals surface area contributed by atoms with Gasteiger partial charge in [-0.3, -0.25) is 9.89 Å². The number of hydrogen-bond acceptors (Lipinski definition) is 5. The van der Waals surface area contributed by atoms with Crippen LogP contribution in [0.15, 0.2) is 29.3 Å². The molecule has 8 heteroatoms. The predicted octanol–water partition coefficient (Wildman–Crippen LogP) is 1.23. The summed E-state index contributed by atoms with van der Waals surface area (Å²) in [5.74, 6) is 0.953. The second-order valence-electron chi connectivity index (χ2n) is 7.34. The van der Waals surface area contributed by atoms with Crippen molar-refractivity contribution < 1.29 is 19.0 Å². The Labute approximate surface area is 166 Å². The molecule has 1 aromatic carbocycles. The van der Waals surface area contributed by atoms with Gasteiger partial charge in [0, 0.05) is 26.2 Å². The summed E-state index contributed by atoms with van der Waals surface area (Å²) in [7, 11) is 0. The van der Waals surface area contributed by atoms with Gasteiger partial charge in [-0.15, -0.1) is 0 Å². The Morgan fingerprint density at radius 3 is 2.64 bits per heavy atom. The van der Waals surface area contributed by atoms with Gasteiger partial charge in [-0.1, -0.05) is 0 Å². The molecule has 1 aliphatic rings. The van der Waals surface area contributed by atoms with Gasteiger partial charge in [0.25, 0.3) is 0 Å². The number of morpholine rings is 1. The minimum atomic E-state index is -0.921. The molecule has 2 atom stereocenters. The zero-order valence-electron chi connectivity index (χ0n) is 17.1. The monoisotopic (exact) mass is 396 g/mol. The van der Waals surface area contributed by atoms with Crippen LogP contribution >= 0.6 is 0 Å². The molecule has 0 bridgehead atoms. The van der Waals surface area contributed by atoms with Gasteiger partial charge in [0.1, 0.15) is 17.7 Å². The van der Waals surface area contributed by atoms with E-state index in [-0.39, 0.29) is 18.5 Å². The van der Waals surface area contributed by atoms with Crippen molar-refractivity contribution in [3.63, 3.8) is 0 Å². The number of aliphatic imine (C=N–C) groups is 1. The quantitative estimate of drug-likeness (QED) is 0.431. The Hall–Kier alpha value is -1.90. The molecule has 0 radical (unpaired) electrons. The lowest BCUT2D eigenvalue weighted by atomic mass is 10.1. The van der Waals surface area contributed by atoms with E-state index in [1.165, 1.54) is 12.1 Å². The molecule has 28 heavy (non-hydrogen) atoms. The third-order valence-corrected chi connectivity index (χ3v) is 4.30. The van der Waals surface area contributed by atoms with E-state index in [0.29, 0.717) is 44.6 Å². The number of aliphatic hydroxyl groups is 1. The van der Waals surface area contributed by atoms with E-state index in [2.05, 4.69) is 20.5 Å². The zero-order valence-corrected chi connectivity index (χ0v) is 17.1. The molecule has 0 aromatic heterocycles. The lowest BCUT2D eigenvalue weighted by Gasteiger charge is -2.33. The number of nitrogens with one attached hydrogen (secondary N) is 2. The van der Waals surface area contributed by atoms with E-state index < -0.39 is 5.60 Å². The molecule has 0 spiro atoms. The number of guanidine groups is 1. The molecule has 2 rings (SSSR count). The summed E-state index contributed by atoms with van der Waals surface area (Å²) in [6, 6.07) is 5.96. The fraction of sp³-hybridized carbons (Fsp3) is 0.650. The van der Waals surface area contributed by atoms with Crippen LogP contribution in [0, 0.1) is 5.82 Å². The highest BCUT2D eigenvalue weighted by molar-refractivity contribution is 5.79. The zero-order chi connectivity index (χ0) is 20.4. The fourth-order valence-electron chi connectivity index (χ4n) is 2.91. The maximum atomic E-state index is 13.0. The second-order valence-corrected chi connectivity index (χ2v) is 7.34. The SMILES string of the molecule is CCNC(=NCC(C)(O)CN1CCOCC1)NCC(C)Oc1ccc(F)cc1. The molecular formula is C20H33FN4O3. The van der Waals surface area contributed by atoms with Crippen molar-refractivity contribution in [3.8, 4) is 5.75 Å². The smallest absolute Gasteiger partial charge is 0.191 e. The summed E-state index contributed by atoms with van der Waals surface area (Å²) in [5, 5.41) is 17.1. The van der Waals surface area contributed by atoms with Gasteiger partial charge in [-0.2, -0.15) is 0 Å². The number of nitrogens with zero attached hydrogens (tertiary/aromatic N) is 2. The molecule has 2 unspecified atom stereocenters. The van der Waals surface area contributed by atoms with Crippen LogP contribution in [0.2, 0.25) is 0 Å². The maximum absolute atomic E-state index is 13.0. The molecule has 7 nitrogen and oxygen atoms in total. The van der Waals surface area contributed by atoms with Crippen LogP contribution in [0.1, 0.15) is 20.8 Å². The average Bonchev–Trinajstić information content (AvgIpc) is 2.66. The first kappa shape index (κ1) is 22.4. The average molecular weight is 397 g/mol. The van der Waals surface area contributed by atoms with Gasteiger partial charge >= 0.3 is 0 Å². The van der Waals surface area contributed by atoms with Crippen molar-refractivity contribution in [1.29, 1.82) is 0 Å². The first-order valence-corrected chi connectivity index (χ1v) is 9.85. The van der Waals surface area contributed by atoms with Crippen LogP contribution in [0.25, 0.3) is 0 Å². The number of rotatable bonds is 9. The first-order chi connectivity index (χ1) is 13.4. The summed E-state index contributed by atoms with van der Waals surface area (Å²) in [6.45, 7) is 10.9. The van der Waals surface area contributed by atoms with Gasteiger partial charge in [0.15, 0.2) is 5.96 Å². The topological polar surface area (TPSA) is 78.4 Å². The molecule has 3 N–H and O–H groups in total. The summed E-state index contributed by atoms with van der Waals surface area (Å²) in [5.41, 5.74) is -0.921. The molecule has 1 aliphatic heterocycles. The summed E-state index contributed by atoms with van der Waals surface area (Å²) in [4.78, 5) is 6.72. The molecule has 0 saturated carbocycles. The summed E-state index contributed by atoms with van der Waals surface area (Å²) >= 11 is 0. The van der Waals surface area contributed by atoms with Crippen molar-refractivity contribution in [2.75, 3.05) is 52.5 Å². The number of ether oxygens (including phenoxy) is 2. The van der Waals surface area contributed by atoms with E-state index in [1.54, 1.807) is 19.1 Å². The predicted molar refractivity (Wildman–Crippen MR) is 108 cm³/mol. The molecule has 1 fully saturated rings. The minimum absolute atomic E-state index is 0.136. The lowest BCUT2D eigenvalue weighted by Crippen LogP contribution is -2.48. The minimum Gasteiger partial charge on any atom is -0.489 e. The van der Waals surface area contributed by atoms with Gasteiger partial charge in [-0.25, -0.2) is 4.39 Å². The van der Waals surface area contributed by atoms with Gasteiger partial charge in [0.2, 0.25) is 0 Å². The van der Waals surface area contributed by atoms with Crippen LogP contribution in [-0.2, 0) is 4.74 Å². The van der Waals surface area contributed by atoms with Crippen molar-refractivity contribution in [2.45, 2.75) is 32.5 Å². The third kappa shape index (κ3) is 8.41. The van der Waals surface area contributed by atoms with Crippen LogP contribution in [0.5, 0.6) is 5.75 Å². The molecule has 1 aromatic rings. The standard InChI is InChI=1S/C20H33FN4O3/c1-4-22-19(23-13-16(2)28-18-7-5-17(21)6-8-18)24-14-20(3,26)15-25-9-11-27-12-10-25/h5-8,16,26H,4,9-15H2,1-3H3,(H2,22,23,24). The molecule has 0 amide bonds. The highest BCUT2D eigenvalue weighted by Crippen LogP contribution is 2.13. The maximum Gasteiger partial charge on any atom is 0.191 e. The largest absolute Gasteiger partial charge is 0.489 e. The van der Waals surface area contributed by atoms with Crippen LogP contribution in [0.3, 0.4) is 0 Å². The highest BCUT2D eigenvalue weighted by atomic mass is 19.1. The Morgan fingerprint density at radius 2 is 2.00 bits per heavy atom. The number of halogens is 1. The number of benzene rings is 1. The van der Waals surface area contributed by atoms with Gasteiger partial charge < -0.3 is 25.2 Å². The van der Waals surface area contributed by atoms with Gasteiger partial charge in [0.05, 0.1) is 31.9 Å². The van der Waals surface area contributed by atoms with E-state index in [4.69, 9.17) is 9.47 Å². The van der Waals surface area contributed by atoms with E-state index in [0.717, 1.165) is 13.1 Å². The Kier molecular flexibility index (Phi) is 8.95. The lowest BCUT2D eigenvalue weighted by molar-refractivity contribution is -0.0180. The van der Waals surface area contributed by atoms with Crippen LogP contribution in [0.4, 0.5) is 4.39 Å². The Morgan fingerprint density at radius 1 is 1.32 bits per heavy atom. The second kappa shape index (κ2) is 11.2. The van der Waals surface area contributed by atoms with E-state index in [1.807, 2.05) is 13.8 Å². The highest BCUT2D eigenvalue weighted by Gasteiger charge is 2.25.